The van der Waals surface area contributed by atoms with Crippen molar-refractivity contribution in [2.45, 2.75) is 26.3 Å². The predicted octanol–water partition coefficient (Wildman–Crippen LogP) is 4.85. The molecule has 0 saturated carbocycles. The van der Waals surface area contributed by atoms with E-state index >= 15 is 0 Å². The Morgan fingerprint density at radius 1 is 1.18 bits per heavy atom. The van der Waals surface area contributed by atoms with Crippen LogP contribution < -0.4 is 10.6 Å². The van der Waals surface area contributed by atoms with Gasteiger partial charge in [-0.2, -0.15) is 0 Å². The number of amides is 1. The molecule has 22 heavy (non-hydrogen) atoms. The summed E-state index contributed by atoms with van der Waals surface area (Å²) in [5.74, 6) is -0.300. The molecule has 1 unspecified atom stereocenters. The van der Waals surface area contributed by atoms with Gasteiger partial charge in [0.05, 0.1) is 10.0 Å². The Morgan fingerprint density at radius 3 is 2.64 bits per heavy atom. The van der Waals surface area contributed by atoms with Gasteiger partial charge in [-0.3, -0.25) is 9.78 Å². The summed E-state index contributed by atoms with van der Waals surface area (Å²) in [6.07, 6.45) is 2.60. The van der Waals surface area contributed by atoms with E-state index in [1.165, 1.54) is 0 Å². The SMILES string of the molecule is CCC(C)Nc1ccnc(C(=O)Nc2ccc(Cl)c(Cl)c2)c1. The van der Waals surface area contributed by atoms with Crippen LogP contribution in [0.25, 0.3) is 0 Å². The molecule has 1 heterocycles. The van der Waals surface area contributed by atoms with Gasteiger partial charge in [0.15, 0.2) is 0 Å². The maximum absolute atomic E-state index is 12.2. The molecule has 0 aliphatic heterocycles. The van der Waals surface area contributed by atoms with Crippen LogP contribution in [-0.2, 0) is 0 Å². The van der Waals surface area contributed by atoms with Gasteiger partial charge in [-0.05, 0) is 43.7 Å². The van der Waals surface area contributed by atoms with Crippen LogP contribution in [0, 0.1) is 0 Å². The zero-order valence-electron chi connectivity index (χ0n) is 12.4. The third kappa shape index (κ3) is 4.36. The zero-order valence-corrected chi connectivity index (χ0v) is 13.9. The molecule has 0 aliphatic rings. The van der Waals surface area contributed by atoms with E-state index < -0.39 is 0 Å². The van der Waals surface area contributed by atoms with E-state index in [4.69, 9.17) is 23.2 Å². The van der Waals surface area contributed by atoms with Gasteiger partial charge in [0, 0.05) is 23.6 Å². The Morgan fingerprint density at radius 2 is 1.95 bits per heavy atom. The number of halogens is 2. The molecule has 2 aromatic rings. The van der Waals surface area contributed by atoms with Crippen molar-refractivity contribution in [3.63, 3.8) is 0 Å². The Kier molecular flexibility index (Phi) is 5.63. The molecule has 2 rings (SSSR count). The van der Waals surface area contributed by atoms with Crippen LogP contribution in [-0.4, -0.2) is 16.9 Å². The quantitative estimate of drug-likeness (QED) is 0.819. The lowest BCUT2D eigenvalue weighted by atomic mass is 10.2. The topological polar surface area (TPSA) is 54.0 Å². The van der Waals surface area contributed by atoms with E-state index in [-0.39, 0.29) is 5.91 Å². The summed E-state index contributed by atoms with van der Waals surface area (Å²) in [6, 6.07) is 8.80. The molecule has 6 heteroatoms. The van der Waals surface area contributed by atoms with Gasteiger partial charge < -0.3 is 10.6 Å². The average Bonchev–Trinajstić information content (AvgIpc) is 2.51. The lowest BCUT2D eigenvalue weighted by Gasteiger charge is -2.13. The molecule has 4 nitrogen and oxygen atoms in total. The van der Waals surface area contributed by atoms with Crippen molar-refractivity contribution < 1.29 is 4.79 Å². The number of pyridine rings is 1. The van der Waals surface area contributed by atoms with E-state index in [0.717, 1.165) is 12.1 Å². The van der Waals surface area contributed by atoms with Crippen molar-refractivity contribution in [2.24, 2.45) is 0 Å². The highest BCUT2D eigenvalue weighted by atomic mass is 35.5. The second kappa shape index (κ2) is 7.47. The number of hydrogen-bond donors (Lipinski definition) is 2. The van der Waals surface area contributed by atoms with Crippen molar-refractivity contribution in [2.75, 3.05) is 10.6 Å². The van der Waals surface area contributed by atoms with Crippen LogP contribution in [0.1, 0.15) is 30.8 Å². The molecule has 0 spiro atoms. The molecule has 1 aromatic carbocycles. The summed E-state index contributed by atoms with van der Waals surface area (Å²) in [6.45, 7) is 4.17. The van der Waals surface area contributed by atoms with Gasteiger partial charge in [0.1, 0.15) is 5.69 Å². The van der Waals surface area contributed by atoms with Crippen molar-refractivity contribution in [1.82, 2.24) is 4.98 Å². The van der Waals surface area contributed by atoms with Gasteiger partial charge >= 0.3 is 0 Å². The Balaban J connectivity index is 2.12. The number of aromatic nitrogens is 1. The molecule has 2 N–H and O–H groups in total. The molecule has 1 atom stereocenters. The van der Waals surface area contributed by atoms with Crippen LogP contribution in [0.15, 0.2) is 36.5 Å². The minimum atomic E-state index is -0.300. The molecular weight excluding hydrogens is 321 g/mol. The summed E-state index contributed by atoms with van der Waals surface area (Å²) in [4.78, 5) is 16.3. The molecule has 1 aromatic heterocycles. The first-order chi connectivity index (χ1) is 10.5. The number of carbonyl (C=O) groups excluding carboxylic acids is 1. The summed E-state index contributed by atoms with van der Waals surface area (Å²) in [7, 11) is 0. The summed E-state index contributed by atoms with van der Waals surface area (Å²) in [5, 5.41) is 6.89. The third-order valence-electron chi connectivity index (χ3n) is 3.20. The molecule has 0 bridgehead atoms. The van der Waals surface area contributed by atoms with E-state index in [1.807, 2.05) is 6.07 Å². The minimum absolute atomic E-state index is 0.300. The number of anilines is 2. The highest BCUT2D eigenvalue weighted by Gasteiger charge is 2.10. The number of carbonyl (C=O) groups is 1. The first-order valence-electron chi connectivity index (χ1n) is 6.98. The standard InChI is InChI=1S/C16H17Cl2N3O/c1-3-10(2)20-12-6-7-19-15(9-12)16(22)21-11-4-5-13(17)14(18)8-11/h4-10H,3H2,1-2H3,(H,19,20)(H,21,22). The van der Waals surface area contributed by atoms with Gasteiger partial charge in [-0.15, -0.1) is 0 Å². The molecule has 116 valence electrons. The summed E-state index contributed by atoms with van der Waals surface area (Å²) in [5.41, 5.74) is 1.77. The molecule has 0 radical (unpaired) electrons. The number of nitrogens with one attached hydrogen (secondary N) is 2. The second-order valence-electron chi connectivity index (χ2n) is 4.97. The number of nitrogens with zero attached hydrogens (tertiary/aromatic N) is 1. The predicted molar refractivity (Wildman–Crippen MR) is 92.0 cm³/mol. The first-order valence-corrected chi connectivity index (χ1v) is 7.74. The molecular formula is C16H17Cl2N3O. The van der Waals surface area contributed by atoms with Gasteiger partial charge in [0.2, 0.25) is 0 Å². The summed E-state index contributed by atoms with van der Waals surface area (Å²) < 4.78 is 0. The number of hydrogen-bond acceptors (Lipinski definition) is 3. The van der Waals surface area contributed by atoms with Crippen molar-refractivity contribution in [3.05, 3.63) is 52.3 Å². The summed E-state index contributed by atoms with van der Waals surface area (Å²) >= 11 is 11.8. The number of benzene rings is 1. The smallest absolute Gasteiger partial charge is 0.274 e. The van der Waals surface area contributed by atoms with E-state index in [1.54, 1.807) is 30.5 Å². The van der Waals surface area contributed by atoms with Crippen molar-refractivity contribution in [1.29, 1.82) is 0 Å². The Bertz CT molecular complexity index is 676. The fourth-order valence-corrected chi connectivity index (χ4v) is 2.10. The zero-order chi connectivity index (χ0) is 16.1. The van der Waals surface area contributed by atoms with Crippen LogP contribution >= 0.6 is 23.2 Å². The molecule has 0 fully saturated rings. The highest BCUT2D eigenvalue weighted by Crippen LogP contribution is 2.25. The van der Waals surface area contributed by atoms with Crippen LogP contribution in [0.4, 0.5) is 11.4 Å². The lowest BCUT2D eigenvalue weighted by Crippen LogP contribution is -2.16. The number of rotatable bonds is 5. The first kappa shape index (κ1) is 16.6. The van der Waals surface area contributed by atoms with Crippen LogP contribution in [0.2, 0.25) is 10.0 Å². The molecule has 1 amide bonds. The normalized spacial score (nSPS) is 11.8. The molecule has 0 aliphatic carbocycles. The van der Waals surface area contributed by atoms with Gasteiger partial charge in [-0.1, -0.05) is 30.1 Å². The monoisotopic (exact) mass is 337 g/mol. The largest absolute Gasteiger partial charge is 0.382 e. The van der Waals surface area contributed by atoms with E-state index in [0.29, 0.717) is 27.5 Å². The minimum Gasteiger partial charge on any atom is -0.382 e. The van der Waals surface area contributed by atoms with E-state index in [9.17, 15) is 4.79 Å². The van der Waals surface area contributed by atoms with Crippen LogP contribution in [0.3, 0.4) is 0 Å². The van der Waals surface area contributed by atoms with Crippen molar-refractivity contribution >= 4 is 40.5 Å². The fourth-order valence-electron chi connectivity index (χ4n) is 1.80. The van der Waals surface area contributed by atoms with E-state index in [2.05, 4.69) is 29.5 Å². The second-order valence-corrected chi connectivity index (χ2v) is 5.78. The van der Waals surface area contributed by atoms with Crippen molar-refractivity contribution in [3.8, 4) is 0 Å². The van der Waals surface area contributed by atoms with Crippen LogP contribution in [0.5, 0.6) is 0 Å². The highest BCUT2D eigenvalue weighted by molar-refractivity contribution is 6.42. The molecule has 0 saturated heterocycles. The van der Waals surface area contributed by atoms with Gasteiger partial charge in [-0.25, -0.2) is 0 Å². The van der Waals surface area contributed by atoms with Gasteiger partial charge in [0.25, 0.3) is 5.91 Å². The Hall–Kier alpha value is -1.78. The maximum atomic E-state index is 12.2. The third-order valence-corrected chi connectivity index (χ3v) is 3.93. The lowest BCUT2D eigenvalue weighted by molar-refractivity contribution is 0.102. The maximum Gasteiger partial charge on any atom is 0.274 e. The average molecular weight is 338 g/mol. The Labute approximate surface area is 139 Å². The fraction of sp³-hybridized carbons (Fsp3) is 0.250.